The van der Waals surface area contributed by atoms with E-state index in [1.54, 1.807) is 0 Å². The van der Waals surface area contributed by atoms with E-state index in [1.165, 1.54) is 11.1 Å². The van der Waals surface area contributed by atoms with Crippen LogP contribution in [0.4, 0.5) is 0 Å². The Labute approximate surface area is 195 Å². The first-order valence-corrected chi connectivity index (χ1v) is 11.7. The average molecular weight is 448 g/mol. The van der Waals surface area contributed by atoms with E-state index in [9.17, 15) is 4.79 Å². The van der Waals surface area contributed by atoms with Crippen molar-refractivity contribution < 1.29 is 9.32 Å². The van der Waals surface area contributed by atoms with Gasteiger partial charge in [0.05, 0.1) is 12.6 Å². The molecule has 0 unspecified atom stereocenters. The Kier molecular flexibility index (Phi) is 7.52. The molecule has 33 heavy (non-hydrogen) atoms. The van der Waals surface area contributed by atoms with Crippen LogP contribution in [-0.4, -0.2) is 64.6 Å². The molecule has 1 amide bonds. The summed E-state index contributed by atoms with van der Waals surface area (Å²) < 4.78 is 5.47. The number of piperazine rings is 1. The minimum atomic E-state index is -0.147. The lowest BCUT2D eigenvalue weighted by molar-refractivity contribution is -0.126. The highest BCUT2D eigenvalue weighted by atomic mass is 16.5. The SMILES string of the molecule is Cc1ccc(-c2noc(CN3CCN([C@H](C)C(=O)NC[C@@H](C)c4ccccc4)CC3)n2)cc1. The summed E-state index contributed by atoms with van der Waals surface area (Å²) in [5.41, 5.74) is 3.40. The van der Waals surface area contributed by atoms with Gasteiger partial charge < -0.3 is 9.84 Å². The quantitative estimate of drug-likeness (QED) is 0.570. The minimum Gasteiger partial charge on any atom is -0.354 e. The highest BCUT2D eigenvalue weighted by molar-refractivity contribution is 5.81. The molecule has 2 aromatic carbocycles. The maximum Gasteiger partial charge on any atom is 0.241 e. The van der Waals surface area contributed by atoms with Crippen LogP contribution in [0, 0.1) is 6.92 Å². The molecular weight excluding hydrogens is 414 g/mol. The van der Waals surface area contributed by atoms with Crippen molar-refractivity contribution in [3.8, 4) is 11.4 Å². The van der Waals surface area contributed by atoms with Crippen LogP contribution in [-0.2, 0) is 11.3 Å². The van der Waals surface area contributed by atoms with Crippen molar-refractivity contribution >= 4 is 5.91 Å². The number of aromatic nitrogens is 2. The summed E-state index contributed by atoms with van der Waals surface area (Å²) in [6, 6.07) is 18.3. The Morgan fingerprint density at radius 1 is 1.03 bits per heavy atom. The van der Waals surface area contributed by atoms with Crippen molar-refractivity contribution in [3.63, 3.8) is 0 Å². The molecule has 1 saturated heterocycles. The van der Waals surface area contributed by atoms with Crippen molar-refractivity contribution in [1.82, 2.24) is 25.3 Å². The van der Waals surface area contributed by atoms with Crippen LogP contribution < -0.4 is 5.32 Å². The van der Waals surface area contributed by atoms with Crippen molar-refractivity contribution in [2.75, 3.05) is 32.7 Å². The van der Waals surface area contributed by atoms with Crippen LogP contribution in [0.15, 0.2) is 59.1 Å². The van der Waals surface area contributed by atoms with Gasteiger partial charge >= 0.3 is 0 Å². The number of carbonyl (C=O) groups excluding carboxylic acids is 1. The molecule has 0 bridgehead atoms. The fourth-order valence-corrected chi connectivity index (χ4v) is 4.11. The first kappa shape index (κ1) is 23.1. The van der Waals surface area contributed by atoms with E-state index in [2.05, 4.69) is 51.2 Å². The van der Waals surface area contributed by atoms with Gasteiger partial charge in [0.15, 0.2) is 0 Å². The summed E-state index contributed by atoms with van der Waals surface area (Å²) in [4.78, 5) is 21.8. The third-order valence-electron chi connectivity index (χ3n) is 6.42. The van der Waals surface area contributed by atoms with Crippen LogP contribution in [0.2, 0.25) is 0 Å². The van der Waals surface area contributed by atoms with Crippen molar-refractivity contribution in [2.24, 2.45) is 0 Å². The molecule has 1 aromatic heterocycles. The van der Waals surface area contributed by atoms with Crippen LogP contribution in [0.5, 0.6) is 0 Å². The molecule has 0 spiro atoms. The maximum absolute atomic E-state index is 12.7. The topological polar surface area (TPSA) is 74.5 Å². The van der Waals surface area contributed by atoms with Gasteiger partial charge in [-0.3, -0.25) is 14.6 Å². The summed E-state index contributed by atoms with van der Waals surface area (Å²) >= 11 is 0. The van der Waals surface area contributed by atoms with Crippen molar-refractivity contribution in [1.29, 1.82) is 0 Å². The van der Waals surface area contributed by atoms with Gasteiger partial charge in [-0.25, -0.2) is 0 Å². The monoisotopic (exact) mass is 447 g/mol. The summed E-state index contributed by atoms with van der Waals surface area (Å²) in [6.45, 7) is 10.9. The van der Waals surface area contributed by atoms with Gasteiger partial charge in [-0.05, 0) is 25.3 Å². The van der Waals surface area contributed by atoms with Crippen molar-refractivity contribution in [2.45, 2.75) is 39.3 Å². The van der Waals surface area contributed by atoms with Gasteiger partial charge in [0.25, 0.3) is 0 Å². The highest BCUT2D eigenvalue weighted by Gasteiger charge is 2.26. The van der Waals surface area contributed by atoms with E-state index >= 15 is 0 Å². The van der Waals surface area contributed by atoms with Crippen LogP contribution >= 0.6 is 0 Å². The number of benzene rings is 2. The second-order valence-electron chi connectivity index (χ2n) is 8.92. The van der Waals surface area contributed by atoms with Gasteiger partial charge in [-0.2, -0.15) is 4.98 Å². The number of hydrogen-bond acceptors (Lipinski definition) is 6. The number of rotatable bonds is 8. The lowest BCUT2D eigenvalue weighted by Crippen LogP contribution is -2.53. The summed E-state index contributed by atoms with van der Waals surface area (Å²) in [5, 5.41) is 7.25. The van der Waals surface area contributed by atoms with E-state index in [0.29, 0.717) is 30.7 Å². The third-order valence-corrected chi connectivity index (χ3v) is 6.42. The van der Waals surface area contributed by atoms with Gasteiger partial charge in [-0.1, -0.05) is 72.2 Å². The normalized spacial score (nSPS) is 16.9. The summed E-state index contributed by atoms with van der Waals surface area (Å²) in [5.74, 6) is 1.63. The molecule has 0 radical (unpaired) electrons. The molecule has 174 valence electrons. The molecule has 1 aliphatic rings. The molecule has 0 aliphatic carbocycles. The number of hydrogen-bond donors (Lipinski definition) is 1. The first-order valence-electron chi connectivity index (χ1n) is 11.7. The summed E-state index contributed by atoms with van der Waals surface area (Å²) in [6.07, 6.45) is 0. The zero-order chi connectivity index (χ0) is 23.2. The lowest BCUT2D eigenvalue weighted by atomic mass is 10.0. The number of aryl methyl sites for hydroxylation is 1. The van der Waals surface area contributed by atoms with E-state index < -0.39 is 0 Å². The van der Waals surface area contributed by atoms with Gasteiger partial charge in [0.1, 0.15) is 0 Å². The minimum absolute atomic E-state index is 0.0888. The fourth-order valence-electron chi connectivity index (χ4n) is 4.11. The highest BCUT2D eigenvalue weighted by Crippen LogP contribution is 2.18. The number of amides is 1. The Balaban J connectivity index is 1.22. The molecule has 0 saturated carbocycles. The molecular formula is C26H33N5O2. The van der Waals surface area contributed by atoms with Crippen LogP contribution in [0.25, 0.3) is 11.4 Å². The van der Waals surface area contributed by atoms with E-state index in [1.807, 2.05) is 49.4 Å². The van der Waals surface area contributed by atoms with E-state index in [4.69, 9.17) is 4.52 Å². The fraction of sp³-hybridized carbons (Fsp3) is 0.423. The zero-order valence-electron chi connectivity index (χ0n) is 19.7. The lowest BCUT2D eigenvalue weighted by Gasteiger charge is -2.36. The van der Waals surface area contributed by atoms with E-state index in [-0.39, 0.29) is 11.9 Å². The Morgan fingerprint density at radius 3 is 2.42 bits per heavy atom. The second kappa shape index (κ2) is 10.7. The Morgan fingerprint density at radius 2 is 1.73 bits per heavy atom. The van der Waals surface area contributed by atoms with E-state index in [0.717, 1.165) is 31.7 Å². The van der Waals surface area contributed by atoms with Crippen molar-refractivity contribution in [3.05, 3.63) is 71.6 Å². The van der Waals surface area contributed by atoms with Gasteiger partial charge in [0, 0.05) is 38.3 Å². The summed E-state index contributed by atoms with van der Waals surface area (Å²) in [7, 11) is 0. The van der Waals surface area contributed by atoms with Gasteiger partial charge in [-0.15, -0.1) is 0 Å². The molecule has 4 rings (SSSR count). The van der Waals surface area contributed by atoms with Gasteiger partial charge in [0.2, 0.25) is 17.6 Å². The average Bonchev–Trinajstić information content (AvgIpc) is 3.31. The maximum atomic E-state index is 12.7. The van der Waals surface area contributed by atoms with Crippen LogP contribution in [0.3, 0.4) is 0 Å². The molecule has 1 fully saturated rings. The second-order valence-corrected chi connectivity index (χ2v) is 8.92. The predicted molar refractivity (Wildman–Crippen MR) is 129 cm³/mol. The zero-order valence-corrected chi connectivity index (χ0v) is 19.7. The molecule has 1 N–H and O–H groups in total. The largest absolute Gasteiger partial charge is 0.354 e. The molecule has 2 atom stereocenters. The third kappa shape index (κ3) is 6.06. The Hall–Kier alpha value is -3.03. The molecule has 2 heterocycles. The van der Waals surface area contributed by atoms with Crippen LogP contribution in [0.1, 0.15) is 36.8 Å². The first-order chi connectivity index (χ1) is 16.0. The molecule has 3 aromatic rings. The number of nitrogens with one attached hydrogen (secondary N) is 1. The molecule has 7 nitrogen and oxygen atoms in total. The molecule has 7 heteroatoms. The number of carbonyl (C=O) groups is 1. The smallest absolute Gasteiger partial charge is 0.241 e. The number of nitrogens with zero attached hydrogens (tertiary/aromatic N) is 4. The predicted octanol–water partition coefficient (Wildman–Crippen LogP) is 3.47. The Bertz CT molecular complexity index is 1030. The molecule has 1 aliphatic heterocycles. The standard InChI is InChI=1S/C26H33N5O2/c1-19-9-11-23(12-10-19)25-28-24(33-29-25)18-30-13-15-31(16-14-30)21(3)26(32)27-17-20(2)22-7-5-4-6-8-22/h4-12,20-21H,13-18H2,1-3H3,(H,27,32)/t20-,21-/m1/s1.